The number of amidine groups is 1. The Morgan fingerprint density at radius 2 is 2.11 bits per heavy atom. The summed E-state index contributed by atoms with van der Waals surface area (Å²) in [4.78, 5) is 16.4. The minimum Gasteiger partial charge on any atom is -0.354 e. The van der Waals surface area contributed by atoms with Crippen LogP contribution in [0.3, 0.4) is 0 Å². The van der Waals surface area contributed by atoms with E-state index < -0.39 is 0 Å². The molecule has 19 heavy (non-hydrogen) atoms. The molecule has 0 bridgehead atoms. The normalized spacial score (nSPS) is 19.5. The molecule has 1 aliphatic rings. The number of carbonyl (C=O) groups is 1. The van der Waals surface area contributed by atoms with Gasteiger partial charge >= 0.3 is 0 Å². The van der Waals surface area contributed by atoms with Gasteiger partial charge in [0.25, 0.3) is 0 Å². The van der Waals surface area contributed by atoms with Gasteiger partial charge in [-0.3, -0.25) is 9.79 Å². The van der Waals surface area contributed by atoms with Crippen molar-refractivity contribution in [1.29, 1.82) is 0 Å². The summed E-state index contributed by atoms with van der Waals surface area (Å²) in [6.45, 7) is 10.0. The number of amides is 1. The predicted molar refractivity (Wildman–Crippen MR) is 83.7 cm³/mol. The second-order valence-electron chi connectivity index (χ2n) is 5.27. The van der Waals surface area contributed by atoms with Gasteiger partial charge in [0.05, 0.1) is 0 Å². The Balaban J connectivity index is 2.46. The number of carbonyl (C=O) groups excluding carboxylic acids is 1. The van der Waals surface area contributed by atoms with Gasteiger partial charge in [-0.1, -0.05) is 32.5 Å². The third-order valence-corrected chi connectivity index (χ3v) is 5.13. The minimum atomic E-state index is -0.214. The molecular formula is C14H27N3OS. The third-order valence-electron chi connectivity index (χ3n) is 3.86. The molecule has 1 aliphatic heterocycles. The van der Waals surface area contributed by atoms with Crippen molar-refractivity contribution in [3.05, 3.63) is 0 Å². The monoisotopic (exact) mass is 285 g/mol. The summed E-state index contributed by atoms with van der Waals surface area (Å²) >= 11 is 1.75. The average Bonchev–Trinajstić information content (AvgIpc) is 2.45. The van der Waals surface area contributed by atoms with Gasteiger partial charge in [0.2, 0.25) is 5.91 Å². The topological polar surface area (TPSA) is 53.5 Å². The van der Waals surface area contributed by atoms with Gasteiger partial charge in [-0.05, 0) is 31.6 Å². The lowest BCUT2D eigenvalue weighted by Gasteiger charge is -2.33. The highest BCUT2D eigenvalue weighted by molar-refractivity contribution is 8.13. The van der Waals surface area contributed by atoms with E-state index in [0.717, 1.165) is 30.4 Å². The van der Waals surface area contributed by atoms with Crippen LogP contribution in [0.5, 0.6) is 0 Å². The molecule has 5 heteroatoms. The van der Waals surface area contributed by atoms with Crippen LogP contribution in [0.15, 0.2) is 4.99 Å². The van der Waals surface area contributed by atoms with Crippen LogP contribution in [0.1, 0.15) is 47.0 Å². The zero-order valence-electron chi connectivity index (χ0n) is 12.6. The molecule has 0 aliphatic carbocycles. The van der Waals surface area contributed by atoms with Crippen molar-refractivity contribution in [3.63, 3.8) is 0 Å². The largest absolute Gasteiger partial charge is 0.354 e. The van der Waals surface area contributed by atoms with Gasteiger partial charge in [-0.15, -0.1) is 0 Å². The Kier molecular flexibility index (Phi) is 6.69. The average molecular weight is 285 g/mol. The van der Waals surface area contributed by atoms with Gasteiger partial charge in [-0.25, -0.2) is 0 Å². The van der Waals surface area contributed by atoms with Crippen molar-refractivity contribution in [2.75, 3.05) is 18.8 Å². The quantitative estimate of drug-likeness (QED) is 0.788. The second kappa shape index (κ2) is 7.78. The Labute approximate surface area is 121 Å². The van der Waals surface area contributed by atoms with Crippen molar-refractivity contribution < 1.29 is 4.79 Å². The lowest BCUT2D eigenvalue weighted by Crippen LogP contribution is -2.46. The molecule has 1 amide bonds. The molecule has 1 rings (SSSR count). The summed E-state index contributed by atoms with van der Waals surface area (Å²) < 4.78 is 0. The number of nitrogens with one attached hydrogen (secondary N) is 2. The van der Waals surface area contributed by atoms with Gasteiger partial charge < -0.3 is 10.6 Å². The first-order valence-corrected chi connectivity index (χ1v) is 8.27. The van der Waals surface area contributed by atoms with Gasteiger partial charge in [-0.2, -0.15) is 0 Å². The van der Waals surface area contributed by atoms with E-state index in [0.29, 0.717) is 5.41 Å². The fourth-order valence-corrected chi connectivity index (χ4v) is 3.33. The highest BCUT2D eigenvalue weighted by Gasteiger charge is 2.30. The SMILES string of the molecule is CCCNC(=O)C(C)NC1=NCC(CC)(CC)CS1. The maximum absolute atomic E-state index is 11.8. The van der Waals surface area contributed by atoms with E-state index in [4.69, 9.17) is 0 Å². The molecular weight excluding hydrogens is 258 g/mol. The van der Waals surface area contributed by atoms with E-state index >= 15 is 0 Å². The zero-order valence-corrected chi connectivity index (χ0v) is 13.4. The number of rotatable bonds is 6. The number of nitrogens with zero attached hydrogens (tertiary/aromatic N) is 1. The molecule has 0 aromatic rings. The van der Waals surface area contributed by atoms with E-state index in [1.807, 2.05) is 6.92 Å². The van der Waals surface area contributed by atoms with Crippen LogP contribution in [-0.4, -0.2) is 36.0 Å². The maximum atomic E-state index is 11.8. The van der Waals surface area contributed by atoms with Crippen molar-refractivity contribution in [2.24, 2.45) is 10.4 Å². The molecule has 1 heterocycles. The molecule has 0 spiro atoms. The van der Waals surface area contributed by atoms with Crippen molar-refractivity contribution in [3.8, 4) is 0 Å². The molecule has 0 aromatic carbocycles. The Hall–Kier alpha value is -0.710. The molecule has 2 N–H and O–H groups in total. The highest BCUT2D eigenvalue weighted by atomic mass is 32.2. The van der Waals surface area contributed by atoms with Crippen LogP contribution >= 0.6 is 11.8 Å². The number of hydrogen-bond acceptors (Lipinski definition) is 4. The lowest BCUT2D eigenvalue weighted by molar-refractivity contribution is -0.122. The summed E-state index contributed by atoms with van der Waals surface area (Å²) in [6.07, 6.45) is 3.29. The summed E-state index contributed by atoms with van der Waals surface area (Å²) in [7, 11) is 0. The van der Waals surface area contributed by atoms with E-state index in [1.54, 1.807) is 11.8 Å². The predicted octanol–water partition coefficient (Wildman–Crippen LogP) is 2.40. The summed E-state index contributed by atoms with van der Waals surface area (Å²) in [5.74, 6) is 1.14. The molecule has 110 valence electrons. The number of hydrogen-bond donors (Lipinski definition) is 2. The van der Waals surface area contributed by atoms with Gasteiger partial charge in [0, 0.05) is 18.8 Å². The lowest BCUT2D eigenvalue weighted by atomic mass is 9.84. The minimum absolute atomic E-state index is 0.0490. The highest BCUT2D eigenvalue weighted by Crippen LogP contribution is 2.34. The van der Waals surface area contributed by atoms with Crippen LogP contribution in [0, 0.1) is 5.41 Å². The Morgan fingerprint density at radius 3 is 2.58 bits per heavy atom. The van der Waals surface area contributed by atoms with Crippen LogP contribution in [0.2, 0.25) is 0 Å². The van der Waals surface area contributed by atoms with Crippen molar-refractivity contribution in [2.45, 2.75) is 53.0 Å². The van der Waals surface area contributed by atoms with E-state index in [1.165, 1.54) is 12.8 Å². The summed E-state index contributed by atoms with van der Waals surface area (Å²) in [5.41, 5.74) is 0.351. The maximum Gasteiger partial charge on any atom is 0.242 e. The first-order chi connectivity index (χ1) is 9.06. The smallest absolute Gasteiger partial charge is 0.242 e. The summed E-state index contributed by atoms with van der Waals surface area (Å²) in [6, 6.07) is -0.214. The standard InChI is InChI=1S/C14H27N3OS/c1-5-8-15-12(18)11(4)17-13-16-9-14(6-2,7-3)10-19-13/h11H,5-10H2,1-4H3,(H,15,18)(H,16,17). The van der Waals surface area contributed by atoms with Gasteiger partial charge in [0.1, 0.15) is 6.04 Å². The zero-order chi connectivity index (χ0) is 14.3. The molecule has 0 saturated heterocycles. The first-order valence-electron chi connectivity index (χ1n) is 7.28. The van der Waals surface area contributed by atoms with E-state index in [2.05, 4.69) is 36.4 Å². The fourth-order valence-electron chi connectivity index (χ4n) is 1.97. The number of aliphatic imine (C=N–C) groups is 1. The Morgan fingerprint density at radius 1 is 1.42 bits per heavy atom. The molecule has 0 aromatic heterocycles. The molecule has 1 unspecified atom stereocenters. The third kappa shape index (κ3) is 4.71. The number of thioether (sulfide) groups is 1. The molecule has 0 saturated carbocycles. The van der Waals surface area contributed by atoms with Crippen LogP contribution in [0.4, 0.5) is 0 Å². The first kappa shape index (κ1) is 16.3. The van der Waals surface area contributed by atoms with Crippen LogP contribution in [0.25, 0.3) is 0 Å². The summed E-state index contributed by atoms with van der Waals surface area (Å²) in [5, 5.41) is 7.02. The van der Waals surface area contributed by atoms with E-state index in [9.17, 15) is 4.79 Å². The van der Waals surface area contributed by atoms with Crippen LogP contribution < -0.4 is 10.6 Å². The van der Waals surface area contributed by atoms with Crippen molar-refractivity contribution >= 4 is 22.8 Å². The van der Waals surface area contributed by atoms with Crippen molar-refractivity contribution in [1.82, 2.24) is 10.6 Å². The van der Waals surface area contributed by atoms with E-state index in [-0.39, 0.29) is 11.9 Å². The van der Waals surface area contributed by atoms with Crippen LogP contribution in [-0.2, 0) is 4.79 Å². The second-order valence-corrected chi connectivity index (χ2v) is 6.24. The molecule has 0 fully saturated rings. The molecule has 4 nitrogen and oxygen atoms in total. The molecule has 0 radical (unpaired) electrons. The van der Waals surface area contributed by atoms with Gasteiger partial charge in [0.15, 0.2) is 5.17 Å². The Bertz CT molecular complexity index is 327. The fraction of sp³-hybridized carbons (Fsp3) is 0.857. The molecule has 1 atom stereocenters.